The summed E-state index contributed by atoms with van der Waals surface area (Å²) in [6.45, 7) is 7.46. The Morgan fingerprint density at radius 3 is 1.64 bits per heavy atom. The summed E-state index contributed by atoms with van der Waals surface area (Å²) in [5.74, 6) is 0.188. The first-order chi connectivity index (χ1) is 17.5. The average molecular weight is 492 g/mol. The predicted molar refractivity (Wildman–Crippen MR) is 157 cm³/mol. The van der Waals surface area contributed by atoms with E-state index < -0.39 is 7.26 Å². The summed E-state index contributed by atoms with van der Waals surface area (Å²) < 4.78 is 0. The van der Waals surface area contributed by atoms with Gasteiger partial charge in [-0.1, -0.05) is 0 Å². The molecule has 0 saturated heterocycles. The summed E-state index contributed by atoms with van der Waals surface area (Å²) in [5.41, 5.74) is 3.36. The maximum atomic E-state index is 14.2. The maximum absolute atomic E-state index is 14.2. The third kappa shape index (κ3) is 4.10. The number of allylic oxidation sites excluding steroid dienone is 2. The zero-order valence-corrected chi connectivity index (χ0v) is 22.3. The number of rotatable bonds is 7. The molecule has 4 aromatic rings. The van der Waals surface area contributed by atoms with Crippen molar-refractivity contribution in [3.05, 3.63) is 133 Å². The van der Waals surface area contributed by atoms with Crippen LogP contribution >= 0.6 is 7.26 Å². The normalized spacial score (nSPS) is 16.1. The third-order valence-electron chi connectivity index (χ3n) is 7.65. The van der Waals surface area contributed by atoms with Crippen LogP contribution in [0, 0.1) is 0 Å². The van der Waals surface area contributed by atoms with Crippen LogP contribution in [0.25, 0.3) is 0 Å². The first kappa shape index (κ1) is 24.2. The van der Waals surface area contributed by atoms with Gasteiger partial charge in [-0.25, -0.2) is 0 Å². The van der Waals surface area contributed by atoms with Crippen molar-refractivity contribution in [3.8, 4) is 0 Å². The van der Waals surface area contributed by atoms with E-state index in [1.165, 1.54) is 27.2 Å². The van der Waals surface area contributed by atoms with Crippen LogP contribution in [0.15, 0.2) is 127 Å². The molecule has 0 N–H and O–H groups in total. The number of likely N-dealkylation sites (N-methyl/N-ethyl adjacent to an activating group) is 1. The number of fused-ring (bicyclic) bond motifs is 1. The Labute approximate surface area is 215 Å². The summed E-state index contributed by atoms with van der Waals surface area (Å²) in [6.07, 6.45) is 2.43. The number of nitrogens with zero attached hydrogens (tertiary/aromatic N) is 1. The van der Waals surface area contributed by atoms with Gasteiger partial charge in [0.1, 0.15) is 0 Å². The number of carbonyl (C=O) groups is 1. The molecule has 5 rings (SSSR count). The van der Waals surface area contributed by atoms with Gasteiger partial charge in [-0.05, 0) is 0 Å². The van der Waals surface area contributed by atoms with E-state index >= 15 is 0 Å². The van der Waals surface area contributed by atoms with Gasteiger partial charge < -0.3 is 0 Å². The Morgan fingerprint density at radius 2 is 1.17 bits per heavy atom. The Hall–Kier alpha value is -3.48. The van der Waals surface area contributed by atoms with Crippen LogP contribution in [0.4, 0.5) is 5.69 Å². The molecule has 1 aliphatic rings. The molecule has 1 heterocycles. The van der Waals surface area contributed by atoms with Crippen molar-refractivity contribution in [2.24, 2.45) is 0 Å². The molecule has 0 unspecified atom stereocenters. The second-order valence-electron chi connectivity index (χ2n) is 10.1. The van der Waals surface area contributed by atoms with Crippen molar-refractivity contribution >= 4 is 34.6 Å². The Bertz CT molecular complexity index is 1280. The van der Waals surface area contributed by atoms with E-state index in [-0.39, 0.29) is 11.2 Å². The van der Waals surface area contributed by atoms with Crippen LogP contribution in [-0.4, -0.2) is 18.5 Å². The summed E-state index contributed by atoms with van der Waals surface area (Å²) in [5, 5.41) is 3.78. The van der Waals surface area contributed by atoms with Crippen molar-refractivity contribution in [2.45, 2.75) is 26.2 Å². The topological polar surface area (TPSA) is 20.3 Å². The molecule has 0 fully saturated rings. The van der Waals surface area contributed by atoms with E-state index in [1.54, 1.807) is 0 Å². The summed E-state index contributed by atoms with van der Waals surface area (Å²) >= 11 is 0. The SMILES string of the molecule is CCN1/C(=C/C(=O)C[PH](c2ccccc2)(c2ccccc2)c2ccccc2)C(C)(C)c2ccccc21. The number of anilines is 1. The van der Waals surface area contributed by atoms with Crippen LogP contribution in [0.2, 0.25) is 0 Å². The first-order valence-corrected chi connectivity index (χ1v) is 15.0. The number of ketones is 1. The molecule has 0 radical (unpaired) electrons. The number of hydrogen-bond donors (Lipinski definition) is 0. The molecule has 182 valence electrons. The number of carbonyl (C=O) groups excluding carboxylic acids is 1. The van der Waals surface area contributed by atoms with E-state index in [2.05, 4.69) is 141 Å². The standard InChI is InChI=1S/C33H34NOP/c1-4-34-31-23-15-14-22-30(31)33(2,3)32(34)24-26(35)25-36(27-16-8-5-9-17-27,28-18-10-6-11-19-28)29-20-12-7-13-21-29/h5-24,36H,4,25H2,1-3H3/b32-24+. The average Bonchev–Trinajstić information content (AvgIpc) is 3.14. The summed E-state index contributed by atoms with van der Waals surface area (Å²) in [6, 6.07) is 40.6. The fourth-order valence-corrected chi connectivity index (χ4v) is 10.4. The quantitative estimate of drug-likeness (QED) is 0.234. The molecule has 1 aliphatic heterocycles. The minimum absolute atomic E-state index is 0.188. The van der Waals surface area contributed by atoms with E-state index in [1.807, 2.05) is 6.08 Å². The van der Waals surface area contributed by atoms with Gasteiger partial charge in [-0.3, -0.25) is 0 Å². The summed E-state index contributed by atoms with van der Waals surface area (Å²) in [7, 11) is -2.63. The van der Waals surface area contributed by atoms with Crippen LogP contribution in [0.3, 0.4) is 0 Å². The zero-order valence-electron chi connectivity index (χ0n) is 21.3. The van der Waals surface area contributed by atoms with Crippen molar-refractivity contribution in [1.29, 1.82) is 0 Å². The third-order valence-corrected chi connectivity index (χ3v) is 12.5. The molecule has 0 saturated carbocycles. The van der Waals surface area contributed by atoms with Gasteiger partial charge in [-0.15, -0.1) is 0 Å². The molecular weight excluding hydrogens is 457 g/mol. The summed E-state index contributed by atoms with van der Waals surface area (Å²) in [4.78, 5) is 16.5. The molecule has 0 bridgehead atoms. The molecule has 0 atom stereocenters. The van der Waals surface area contributed by atoms with Crippen LogP contribution < -0.4 is 20.8 Å². The van der Waals surface area contributed by atoms with E-state index in [0.29, 0.717) is 6.16 Å². The molecule has 0 aliphatic carbocycles. The number of benzene rings is 4. The second kappa shape index (κ2) is 9.88. The van der Waals surface area contributed by atoms with Gasteiger partial charge in [0.05, 0.1) is 0 Å². The van der Waals surface area contributed by atoms with Crippen molar-refractivity contribution in [3.63, 3.8) is 0 Å². The molecule has 2 nitrogen and oxygen atoms in total. The molecule has 0 amide bonds. The van der Waals surface area contributed by atoms with Crippen molar-refractivity contribution in [2.75, 3.05) is 17.6 Å². The molecule has 36 heavy (non-hydrogen) atoms. The number of para-hydroxylation sites is 1. The Kier molecular flexibility index (Phi) is 6.65. The van der Waals surface area contributed by atoms with E-state index in [9.17, 15) is 4.79 Å². The monoisotopic (exact) mass is 491 g/mol. The zero-order chi connectivity index (χ0) is 25.2. The first-order valence-electron chi connectivity index (χ1n) is 12.8. The van der Waals surface area contributed by atoms with E-state index in [4.69, 9.17) is 0 Å². The minimum atomic E-state index is -2.63. The Balaban J connectivity index is 1.66. The van der Waals surface area contributed by atoms with Gasteiger partial charge >= 0.3 is 216 Å². The van der Waals surface area contributed by atoms with Gasteiger partial charge in [0, 0.05) is 0 Å². The molecule has 4 aromatic carbocycles. The van der Waals surface area contributed by atoms with Crippen LogP contribution in [-0.2, 0) is 10.2 Å². The predicted octanol–water partition coefficient (Wildman–Crippen LogP) is 5.98. The molecule has 0 aromatic heterocycles. The molecular formula is C33H34NOP. The van der Waals surface area contributed by atoms with Crippen LogP contribution in [0.1, 0.15) is 26.3 Å². The van der Waals surface area contributed by atoms with Crippen LogP contribution in [0.5, 0.6) is 0 Å². The van der Waals surface area contributed by atoms with E-state index in [0.717, 1.165) is 12.2 Å². The van der Waals surface area contributed by atoms with Gasteiger partial charge in [0.2, 0.25) is 0 Å². The number of hydrogen-bond acceptors (Lipinski definition) is 2. The fourth-order valence-electron chi connectivity index (χ4n) is 5.88. The molecule has 0 spiro atoms. The van der Waals surface area contributed by atoms with Gasteiger partial charge in [0.15, 0.2) is 0 Å². The molecule has 3 heteroatoms. The fraction of sp³-hybridized carbons (Fsp3) is 0.182. The van der Waals surface area contributed by atoms with Crippen molar-refractivity contribution < 1.29 is 4.79 Å². The van der Waals surface area contributed by atoms with Gasteiger partial charge in [0.25, 0.3) is 0 Å². The van der Waals surface area contributed by atoms with Gasteiger partial charge in [-0.2, -0.15) is 0 Å². The second-order valence-corrected chi connectivity index (χ2v) is 14.0. The Morgan fingerprint density at radius 1 is 0.722 bits per heavy atom. The van der Waals surface area contributed by atoms with Crippen molar-refractivity contribution in [1.82, 2.24) is 0 Å².